The minimum atomic E-state index is -0.393. The van der Waals surface area contributed by atoms with Crippen molar-refractivity contribution in [3.63, 3.8) is 0 Å². The summed E-state index contributed by atoms with van der Waals surface area (Å²) in [6, 6.07) is 15.6. The topological polar surface area (TPSA) is 40.6 Å². The van der Waals surface area contributed by atoms with Crippen LogP contribution in [0.5, 0.6) is 0 Å². The van der Waals surface area contributed by atoms with Gasteiger partial charge in [-0.3, -0.25) is 9.59 Å². The first-order chi connectivity index (χ1) is 13.0. The third kappa shape index (κ3) is 3.36. The molecule has 2 aliphatic rings. The zero-order chi connectivity index (χ0) is 19.0. The molecule has 2 aromatic rings. The van der Waals surface area contributed by atoms with Crippen LogP contribution in [0.3, 0.4) is 0 Å². The van der Waals surface area contributed by atoms with Crippen LogP contribution in [0.1, 0.15) is 47.3 Å². The van der Waals surface area contributed by atoms with E-state index >= 15 is 0 Å². The summed E-state index contributed by atoms with van der Waals surface area (Å²) in [5.41, 5.74) is 4.30. The van der Waals surface area contributed by atoms with Gasteiger partial charge in [0.25, 0.3) is 5.91 Å². The lowest BCUT2D eigenvalue weighted by atomic mass is 9.97. The van der Waals surface area contributed by atoms with Gasteiger partial charge in [-0.15, -0.1) is 0 Å². The second-order valence-corrected chi connectivity index (χ2v) is 8.01. The quantitative estimate of drug-likeness (QED) is 0.833. The monoisotopic (exact) mass is 362 g/mol. The molecular weight excluding hydrogens is 336 g/mol. The van der Waals surface area contributed by atoms with Gasteiger partial charge in [0.1, 0.15) is 6.04 Å². The Bertz CT molecular complexity index is 874. The lowest BCUT2D eigenvalue weighted by Gasteiger charge is -2.36. The number of rotatable bonds is 4. The van der Waals surface area contributed by atoms with Crippen molar-refractivity contribution in [2.75, 3.05) is 6.54 Å². The molecule has 140 valence electrons. The molecule has 2 heterocycles. The number of nitrogens with zero attached hydrogens (tertiary/aromatic N) is 2. The summed E-state index contributed by atoms with van der Waals surface area (Å²) in [6.07, 6.45) is 1.57. The largest absolute Gasteiger partial charge is 0.336 e. The highest BCUT2D eigenvalue weighted by atomic mass is 16.2. The van der Waals surface area contributed by atoms with Gasteiger partial charge in [-0.05, 0) is 41.5 Å². The van der Waals surface area contributed by atoms with Gasteiger partial charge in [-0.25, -0.2) is 0 Å². The molecular formula is C23H26N2O2. The number of hydrogen-bond donors (Lipinski definition) is 0. The van der Waals surface area contributed by atoms with Crippen LogP contribution in [0.4, 0.5) is 0 Å². The molecule has 0 aromatic heterocycles. The average molecular weight is 362 g/mol. The van der Waals surface area contributed by atoms with Gasteiger partial charge < -0.3 is 9.80 Å². The maximum Gasteiger partial charge on any atom is 0.255 e. The molecule has 2 aromatic carbocycles. The van der Waals surface area contributed by atoms with Crippen molar-refractivity contribution in [1.82, 2.24) is 9.80 Å². The first-order valence-corrected chi connectivity index (χ1v) is 9.79. The van der Waals surface area contributed by atoms with Gasteiger partial charge >= 0.3 is 0 Å². The van der Waals surface area contributed by atoms with Crippen LogP contribution in [0.2, 0.25) is 0 Å². The summed E-state index contributed by atoms with van der Waals surface area (Å²) in [5.74, 6) is 0.411. The predicted molar refractivity (Wildman–Crippen MR) is 105 cm³/mol. The van der Waals surface area contributed by atoms with Crippen LogP contribution < -0.4 is 0 Å². The van der Waals surface area contributed by atoms with E-state index in [0.717, 1.165) is 24.1 Å². The summed E-state index contributed by atoms with van der Waals surface area (Å²) < 4.78 is 0. The lowest BCUT2D eigenvalue weighted by Crippen LogP contribution is -2.50. The second kappa shape index (κ2) is 7.18. The minimum absolute atomic E-state index is 0.0120. The van der Waals surface area contributed by atoms with Crippen LogP contribution in [0.15, 0.2) is 48.5 Å². The Morgan fingerprint density at radius 2 is 1.63 bits per heavy atom. The van der Waals surface area contributed by atoms with Crippen LogP contribution in [0.25, 0.3) is 0 Å². The molecule has 4 heteroatoms. The maximum absolute atomic E-state index is 13.5. The molecule has 0 fully saturated rings. The van der Waals surface area contributed by atoms with E-state index in [9.17, 15) is 9.59 Å². The normalized spacial score (nSPS) is 17.1. The fraction of sp³-hybridized carbons (Fsp3) is 0.391. The van der Waals surface area contributed by atoms with Gasteiger partial charge in [0, 0.05) is 25.2 Å². The second-order valence-electron chi connectivity index (χ2n) is 8.01. The molecule has 0 bridgehead atoms. The molecule has 0 spiro atoms. The Hall–Kier alpha value is -2.62. The number of amides is 2. The summed E-state index contributed by atoms with van der Waals surface area (Å²) >= 11 is 0. The van der Waals surface area contributed by atoms with E-state index in [-0.39, 0.29) is 11.8 Å². The fourth-order valence-corrected chi connectivity index (χ4v) is 4.23. The van der Waals surface area contributed by atoms with Crippen molar-refractivity contribution >= 4 is 11.8 Å². The summed E-state index contributed by atoms with van der Waals surface area (Å²) in [6.45, 7) is 6.11. The Morgan fingerprint density at radius 1 is 0.963 bits per heavy atom. The highest BCUT2D eigenvalue weighted by Crippen LogP contribution is 2.29. The van der Waals surface area contributed by atoms with Gasteiger partial charge in [-0.2, -0.15) is 0 Å². The first-order valence-electron chi connectivity index (χ1n) is 9.79. The Morgan fingerprint density at radius 3 is 2.33 bits per heavy atom. The van der Waals surface area contributed by atoms with Crippen LogP contribution in [0, 0.1) is 5.92 Å². The number of carbonyl (C=O) groups is 2. The smallest absolute Gasteiger partial charge is 0.255 e. The number of hydrogen-bond acceptors (Lipinski definition) is 2. The summed E-state index contributed by atoms with van der Waals surface area (Å²) in [7, 11) is 0. The van der Waals surface area contributed by atoms with Crippen molar-refractivity contribution in [1.29, 1.82) is 0 Å². The molecule has 0 aliphatic carbocycles. The van der Waals surface area contributed by atoms with E-state index in [1.54, 1.807) is 4.90 Å². The highest BCUT2D eigenvalue weighted by molar-refractivity contribution is 6.01. The van der Waals surface area contributed by atoms with E-state index < -0.39 is 6.04 Å². The fourth-order valence-electron chi connectivity index (χ4n) is 4.23. The highest BCUT2D eigenvalue weighted by Gasteiger charge is 2.38. The molecule has 0 radical (unpaired) electrons. The van der Waals surface area contributed by atoms with Gasteiger partial charge in [0.2, 0.25) is 5.91 Å². The van der Waals surface area contributed by atoms with Gasteiger partial charge in [0.05, 0.1) is 0 Å². The maximum atomic E-state index is 13.5. The van der Waals surface area contributed by atoms with E-state index in [1.165, 1.54) is 11.1 Å². The number of fused-ring (bicyclic) bond motifs is 2. The summed E-state index contributed by atoms with van der Waals surface area (Å²) in [4.78, 5) is 30.1. The molecule has 0 saturated heterocycles. The third-order valence-corrected chi connectivity index (χ3v) is 5.65. The Balaban J connectivity index is 1.58. The van der Waals surface area contributed by atoms with E-state index in [0.29, 0.717) is 25.4 Å². The molecule has 0 N–H and O–H groups in total. The van der Waals surface area contributed by atoms with Crippen LogP contribution >= 0.6 is 0 Å². The van der Waals surface area contributed by atoms with Crippen molar-refractivity contribution in [3.05, 3.63) is 70.8 Å². The van der Waals surface area contributed by atoms with Gasteiger partial charge in [0.15, 0.2) is 0 Å². The zero-order valence-electron chi connectivity index (χ0n) is 16.0. The molecule has 0 unspecified atom stereocenters. The number of benzene rings is 2. The lowest BCUT2D eigenvalue weighted by molar-refractivity contribution is -0.137. The molecule has 27 heavy (non-hydrogen) atoms. The molecule has 2 amide bonds. The van der Waals surface area contributed by atoms with E-state index in [1.807, 2.05) is 35.2 Å². The predicted octanol–water partition coefficient (Wildman–Crippen LogP) is 3.64. The zero-order valence-corrected chi connectivity index (χ0v) is 16.0. The van der Waals surface area contributed by atoms with E-state index in [2.05, 4.69) is 32.0 Å². The van der Waals surface area contributed by atoms with Crippen LogP contribution in [-0.4, -0.2) is 34.2 Å². The van der Waals surface area contributed by atoms with Crippen molar-refractivity contribution < 1.29 is 9.59 Å². The molecule has 4 rings (SSSR count). The Kier molecular flexibility index (Phi) is 4.73. The minimum Gasteiger partial charge on any atom is -0.336 e. The number of carbonyl (C=O) groups excluding carboxylic acids is 2. The average Bonchev–Trinajstić information content (AvgIpc) is 3.02. The van der Waals surface area contributed by atoms with Crippen molar-refractivity contribution in [2.45, 2.75) is 45.8 Å². The van der Waals surface area contributed by atoms with Crippen molar-refractivity contribution in [2.24, 2.45) is 5.92 Å². The summed E-state index contributed by atoms with van der Waals surface area (Å²) in [5, 5.41) is 0. The van der Waals surface area contributed by atoms with Crippen LogP contribution in [-0.2, 0) is 24.3 Å². The van der Waals surface area contributed by atoms with E-state index in [4.69, 9.17) is 0 Å². The van der Waals surface area contributed by atoms with Crippen molar-refractivity contribution in [3.8, 4) is 0 Å². The SMILES string of the molecule is CC(C)C[C@@H](C(=O)N1CCc2ccccc2C1)N1Cc2ccccc2C1=O. The molecule has 2 aliphatic heterocycles. The molecule has 0 saturated carbocycles. The molecule has 4 nitrogen and oxygen atoms in total. The van der Waals surface area contributed by atoms with Gasteiger partial charge in [-0.1, -0.05) is 56.3 Å². The first kappa shape index (κ1) is 17.8. The molecule has 1 atom stereocenters. The Labute approximate surface area is 160 Å². The third-order valence-electron chi connectivity index (χ3n) is 5.65. The standard InChI is InChI=1S/C23H26N2O2/c1-16(2)13-21(25-15-19-9-5-6-10-20(19)22(25)26)23(27)24-12-11-17-7-3-4-8-18(17)14-24/h3-10,16,21H,11-15H2,1-2H3/t21-/m0/s1.